The van der Waals surface area contributed by atoms with Gasteiger partial charge in [0.05, 0.1) is 39.0 Å². The van der Waals surface area contributed by atoms with Crippen LogP contribution in [0.3, 0.4) is 0 Å². The smallest absolute Gasteiger partial charge is 0.503 e. The van der Waals surface area contributed by atoms with E-state index in [0.717, 1.165) is 24.3 Å². The highest BCUT2D eigenvalue weighted by Gasteiger charge is 2.32. The number of benzene rings is 2. The Balaban J connectivity index is 1.92. The van der Waals surface area contributed by atoms with Crippen LogP contribution in [-0.4, -0.2) is 48.3 Å². The van der Waals surface area contributed by atoms with Crippen molar-refractivity contribution in [3.05, 3.63) is 71.3 Å². The van der Waals surface area contributed by atoms with E-state index < -0.39 is 33.8 Å². The Hall–Kier alpha value is -4.00. The van der Waals surface area contributed by atoms with E-state index in [1.807, 2.05) is 0 Å². The molecule has 1 aliphatic rings. The molecule has 2 aromatic rings. The SMILES string of the molecule is COC1=C(O)C(NS(=O)(=O)c2ccc(OC(F)(F)F)cc2)=CC(/C=C\c2cc(OC)c(OC)c(OC)c2)C1C. The lowest BCUT2D eigenvalue weighted by Crippen LogP contribution is -2.29. The highest BCUT2D eigenvalue weighted by molar-refractivity contribution is 7.89. The number of methoxy groups -OCH3 is 4. The van der Waals surface area contributed by atoms with Gasteiger partial charge in [-0.2, -0.15) is 0 Å². The van der Waals surface area contributed by atoms with Crippen molar-refractivity contribution in [2.75, 3.05) is 28.4 Å². The van der Waals surface area contributed by atoms with Gasteiger partial charge >= 0.3 is 6.36 Å². The molecule has 0 heterocycles. The zero-order valence-electron chi connectivity index (χ0n) is 21.7. The average molecular weight is 572 g/mol. The van der Waals surface area contributed by atoms with Gasteiger partial charge in [0, 0.05) is 11.8 Å². The minimum Gasteiger partial charge on any atom is -0.503 e. The van der Waals surface area contributed by atoms with Crippen LogP contribution in [0.15, 0.2) is 70.7 Å². The fourth-order valence-corrected chi connectivity index (χ4v) is 5.04. The molecule has 0 amide bonds. The van der Waals surface area contributed by atoms with Crippen molar-refractivity contribution in [1.82, 2.24) is 4.72 Å². The summed E-state index contributed by atoms with van der Waals surface area (Å²) in [6.45, 7) is 1.79. The number of aliphatic hydroxyl groups excluding tert-OH is 1. The fourth-order valence-electron chi connectivity index (χ4n) is 3.97. The van der Waals surface area contributed by atoms with Crippen LogP contribution in [0, 0.1) is 11.8 Å². The van der Waals surface area contributed by atoms with Crippen LogP contribution in [0.5, 0.6) is 23.0 Å². The molecular weight excluding hydrogens is 543 g/mol. The van der Waals surface area contributed by atoms with Crippen LogP contribution in [0.25, 0.3) is 6.08 Å². The van der Waals surface area contributed by atoms with E-state index in [9.17, 15) is 26.7 Å². The van der Waals surface area contributed by atoms with E-state index in [-0.39, 0.29) is 22.3 Å². The molecule has 2 N–H and O–H groups in total. The predicted octanol–water partition coefficient (Wildman–Crippen LogP) is 5.17. The van der Waals surface area contributed by atoms with E-state index in [4.69, 9.17) is 18.9 Å². The Bertz CT molecular complexity index is 1360. The Labute approximate surface area is 224 Å². The van der Waals surface area contributed by atoms with E-state index in [0.29, 0.717) is 22.8 Å². The third kappa shape index (κ3) is 6.91. The van der Waals surface area contributed by atoms with Gasteiger partial charge in [-0.1, -0.05) is 19.1 Å². The Kier molecular flexibility index (Phi) is 8.95. The molecule has 9 nitrogen and oxygen atoms in total. The molecule has 2 unspecified atom stereocenters. The number of ether oxygens (including phenoxy) is 5. The van der Waals surface area contributed by atoms with Gasteiger partial charge in [0.25, 0.3) is 10.0 Å². The summed E-state index contributed by atoms with van der Waals surface area (Å²) < 4.78 is 90.7. The van der Waals surface area contributed by atoms with E-state index in [1.165, 1.54) is 34.5 Å². The number of halogens is 3. The third-order valence-corrected chi connectivity index (χ3v) is 7.25. The standard InChI is InChI=1S/C26H28F3NO8S/c1-15-17(7-6-16-12-21(34-2)25(37-5)22(13-16)35-3)14-20(23(31)24(15)36-4)30-39(32,33)19-10-8-18(9-11-19)38-26(27,28)29/h6-15,17,30-31H,1-5H3/b7-6-. The number of alkyl halides is 3. The van der Waals surface area contributed by atoms with Crippen molar-refractivity contribution in [1.29, 1.82) is 0 Å². The Morgan fingerprint density at radius 3 is 2.03 bits per heavy atom. The first-order valence-corrected chi connectivity index (χ1v) is 12.9. The maximum atomic E-state index is 13.0. The van der Waals surface area contributed by atoms with Crippen LogP contribution in [0.2, 0.25) is 0 Å². The predicted molar refractivity (Wildman–Crippen MR) is 136 cm³/mol. The molecule has 0 saturated heterocycles. The molecule has 0 fully saturated rings. The van der Waals surface area contributed by atoms with Crippen molar-refractivity contribution in [3.63, 3.8) is 0 Å². The molecule has 0 spiro atoms. The largest absolute Gasteiger partial charge is 0.573 e. The lowest BCUT2D eigenvalue weighted by molar-refractivity contribution is -0.274. The Morgan fingerprint density at radius 2 is 1.54 bits per heavy atom. The van der Waals surface area contributed by atoms with Gasteiger partial charge < -0.3 is 28.8 Å². The second-order valence-corrected chi connectivity index (χ2v) is 9.99. The quantitative estimate of drug-likeness (QED) is 0.402. The number of rotatable bonds is 10. The summed E-state index contributed by atoms with van der Waals surface area (Å²) >= 11 is 0. The zero-order valence-corrected chi connectivity index (χ0v) is 22.5. The summed E-state index contributed by atoms with van der Waals surface area (Å²) in [6, 6.07) is 7.12. The molecular formula is C26H28F3NO8S. The number of sulfonamides is 1. The maximum Gasteiger partial charge on any atom is 0.573 e. The summed E-state index contributed by atoms with van der Waals surface area (Å²) in [5.74, 6) is -0.346. The first kappa shape index (κ1) is 29.6. The molecule has 2 atom stereocenters. The second kappa shape index (κ2) is 11.8. The minimum atomic E-state index is -4.92. The van der Waals surface area contributed by atoms with E-state index in [1.54, 1.807) is 31.2 Å². The molecule has 39 heavy (non-hydrogen) atoms. The van der Waals surface area contributed by atoms with Crippen LogP contribution >= 0.6 is 0 Å². The van der Waals surface area contributed by atoms with Crippen LogP contribution < -0.4 is 23.7 Å². The number of aliphatic hydroxyl groups is 1. The second-order valence-electron chi connectivity index (χ2n) is 8.31. The zero-order chi connectivity index (χ0) is 29.0. The fraction of sp³-hybridized carbons (Fsp3) is 0.308. The monoisotopic (exact) mass is 571 g/mol. The molecule has 0 aliphatic heterocycles. The third-order valence-electron chi connectivity index (χ3n) is 5.87. The molecule has 212 valence electrons. The molecule has 0 radical (unpaired) electrons. The summed E-state index contributed by atoms with van der Waals surface area (Å²) in [6.07, 6.45) is 0.146. The van der Waals surface area contributed by atoms with Crippen LogP contribution in [0.4, 0.5) is 13.2 Å². The topological polar surface area (TPSA) is 113 Å². The number of hydrogen-bond donors (Lipinski definition) is 2. The summed E-state index contributed by atoms with van der Waals surface area (Å²) in [4.78, 5) is -0.340. The highest BCUT2D eigenvalue weighted by atomic mass is 32.2. The van der Waals surface area contributed by atoms with Crippen molar-refractivity contribution < 1.29 is 50.4 Å². The van der Waals surface area contributed by atoms with Gasteiger partial charge in [-0.25, -0.2) is 8.42 Å². The lowest BCUT2D eigenvalue weighted by Gasteiger charge is -2.28. The molecule has 0 bridgehead atoms. The highest BCUT2D eigenvalue weighted by Crippen LogP contribution is 2.39. The number of nitrogens with one attached hydrogen (secondary N) is 1. The maximum absolute atomic E-state index is 13.0. The number of hydrogen-bond acceptors (Lipinski definition) is 8. The lowest BCUT2D eigenvalue weighted by atomic mass is 9.85. The van der Waals surface area contributed by atoms with E-state index >= 15 is 0 Å². The van der Waals surface area contributed by atoms with Crippen molar-refractivity contribution in [2.24, 2.45) is 11.8 Å². The molecule has 3 rings (SSSR count). The van der Waals surface area contributed by atoms with Crippen molar-refractivity contribution in [2.45, 2.75) is 18.2 Å². The normalized spacial score (nSPS) is 18.0. The Morgan fingerprint density at radius 1 is 0.949 bits per heavy atom. The molecule has 0 saturated carbocycles. The minimum absolute atomic E-state index is 0.142. The van der Waals surface area contributed by atoms with Gasteiger partial charge in [-0.3, -0.25) is 4.72 Å². The van der Waals surface area contributed by atoms with Crippen LogP contribution in [-0.2, 0) is 14.8 Å². The summed E-state index contributed by atoms with van der Waals surface area (Å²) in [5.41, 5.74) is 0.547. The van der Waals surface area contributed by atoms with E-state index in [2.05, 4.69) is 9.46 Å². The van der Waals surface area contributed by atoms with Gasteiger partial charge in [0.2, 0.25) is 5.75 Å². The molecule has 0 aromatic heterocycles. The molecule has 1 aliphatic carbocycles. The molecule has 2 aromatic carbocycles. The van der Waals surface area contributed by atoms with Gasteiger partial charge in [-0.15, -0.1) is 13.2 Å². The van der Waals surface area contributed by atoms with Gasteiger partial charge in [-0.05, 0) is 48.0 Å². The molecule has 13 heteroatoms. The first-order valence-electron chi connectivity index (χ1n) is 11.4. The summed E-state index contributed by atoms with van der Waals surface area (Å²) in [7, 11) is 1.52. The first-order chi connectivity index (χ1) is 18.3. The summed E-state index contributed by atoms with van der Waals surface area (Å²) in [5, 5.41) is 10.7. The average Bonchev–Trinajstić information content (AvgIpc) is 2.88. The van der Waals surface area contributed by atoms with Gasteiger partial charge in [0.15, 0.2) is 17.3 Å². The van der Waals surface area contributed by atoms with Crippen molar-refractivity contribution >= 4 is 16.1 Å². The number of allylic oxidation sites excluding steroid dienone is 3. The van der Waals surface area contributed by atoms with Crippen molar-refractivity contribution in [3.8, 4) is 23.0 Å². The van der Waals surface area contributed by atoms with Gasteiger partial charge in [0.1, 0.15) is 11.5 Å². The van der Waals surface area contributed by atoms with Crippen LogP contribution in [0.1, 0.15) is 12.5 Å².